The topological polar surface area (TPSA) is 41.1 Å². The van der Waals surface area contributed by atoms with Crippen molar-refractivity contribution in [2.24, 2.45) is 0 Å². The average molecular weight is 374 g/mol. The predicted octanol–water partition coefficient (Wildman–Crippen LogP) is 5.71. The molecule has 0 unspecified atom stereocenters. The molecule has 2 aromatic rings. The molecular weight excluding hydrogens is 363 g/mol. The molecular formula is C14H11BrCl2N2O. The van der Waals surface area contributed by atoms with Crippen LogP contribution in [0.2, 0.25) is 10.0 Å². The molecule has 2 aromatic carbocycles. The van der Waals surface area contributed by atoms with Gasteiger partial charge in [-0.3, -0.25) is 0 Å². The van der Waals surface area contributed by atoms with Gasteiger partial charge in [-0.2, -0.15) is 0 Å². The first-order valence-corrected chi connectivity index (χ1v) is 7.30. The number of urea groups is 1. The fourth-order valence-electron chi connectivity index (χ4n) is 1.60. The van der Waals surface area contributed by atoms with Crippen molar-refractivity contribution < 1.29 is 4.79 Å². The molecule has 0 saturated heterocycles. The Labute approximate surface area is 135 Å². The molecule has 3 nitrogen and oxygen atoms in total. The van der Waals surface area contributed by atoms with E-state index in [4.69, 9.17) is 23.2 Å². The third kappa shape index (κ3) is 3.88. The van der Waals surface area contributed by atoms with E-state index in [1.807, 2.05) is 25.1 Å². The van der Waals surface area contributed by atoms with Crippen molar-refractivity contribution in [2.45, 2.75) is 6.92 Å². The summed E-state index contributed by atoms with van der Waals surface area (Å²) in [5.74, 6) is 0. The molecule has 0 aromatic heterocycles. The average Bonchev–Trinajstić information content (AvgIpc) is 2.38. The Bertz CT molecular complexity index is 606. The van der Waals surface area contributed by atoms with Crippen molar-refractivity contribution in [1.82, 2.24) is 0 Å². The molecule has 0 saturated carbocycles. The van der Waals surface area contributed by atoms with Crippen LogP contribution < -0.4 is 10.6 Å². The summed E-state index contributed by atoms with van der Waals surface area (Å²) in [5, 5.41) is 6.36. The molecule has 0 fully saturated rings. The van der Waals surface area contributed by atoms with Gasteiger partial charge in [0.05, 0.1) is 10.7 Å². The molecule has 0 aliphatic rings. The number of aryl methyl sites for hydroxylation is 1. The van der Waals surface area contributed by atoms with Crippen molar-refractivity contribution in [1.29, 1.82) is 0 Å². The summed E-state index contributed by atoms with van der Waals surface area (Å²) in [7, 11) is 0. The Morgan fingerprint density at radius 2 is 1.75 bits per heavy atom. The molecule has 20 heavy (non-hydrogen) atoms. The monoisotopic (exact) mass is 372 g/mol. The van der Waals surface area contributed by atoms with Crippen molar-refractivity contribution in [3.63, 3.8) is 0 Å². The van der Waals surface area contributed by atoms with Gasteiger partial charge in [0, 0.05) is 15.2 Å². The van der Waals surface area contributed by atoms with Gasteiger partial charge in [0.1, 0.15) is 0 Å². The van der Waals surface area contributed by atoms with Crippen LogP contribution in [0.1, 0.15) is 5.56 Å². The van der Waals surface area contributed by atoms with Crippen LogP contribution in [0.4, 0.5) is 16.2 Å². The maximum absolute atomic E-state index is 12.0. The van der Waals surface area contributed by atoms with Gasteiger partial charge in [0.15, 0.2) is 0 Å². The second-order valence-electron chi connectivity index (χ2n) is 4.16. The third-order valence-corrected chi connectivity index (χ3v) is 3.68. The molecule has 0 heterocycles. The summed E-state index contributed by atoms with van der Waals surface area (Å²) in [6, 6.07) is 10.1. The largest absolute Gasteiger partial charge is 0.323 e. The number of rotatable bonds is 2. The van der Waals surface area contributed by atoms with Crippen LogP contribution >= 0.6 is 39.1 Å². The normalized spacial score (nSPS) is 10.2. The lowest BCUT2D eigenvalue weighted by atomic mass is 10.2. The quantitative estimate of drug-likeness (QED) is 0.695. The first-order valence-electron chi connectivity index (χ1n) is 5.75. The summed E-state index contributed by atoms with van der Waals surface area (Å²) < 4.78 is 0.888. The molecule has 0 spiro atoms. The van der Waals surface area contributed by atoms with Crippen molar-refractivity contribution in [2.75, 3.05) is 10.6 Å². The van der Waals surface area contributed by atoms with E-state index < -0.39 is 0 Å². The van der Waals surface area contributed by atoms with Crippen molar-refractivity contribution in [3.05, 3.63) is 56.5 Å². The van der Waals surface area contributed by atoms with E-state index in [0.717, 1.165) is 15.7 Å². The summed E-state index contributed by atoms with van der Waals surface area (Å²) in [6.07, 6.45) is 0. The Morgan fingerprint density at radius 1 is 1.05 bits per heavy atom. The van der Waals surface area contributed by atoms with E-state index in [0.29, 0.717) is 15.7 Å². The van der Waals surface area contributed by atoms with Crippen LogP contribution in [0.25, 0.3) is 0 Å². The SMILES string of the molecule is Cc1ccc(Br)cc1NC(=O)Nc1cc(Cl)ccc1Cl. The highest BCUT2D eigenvalue weighted by molar-refractivity contribution is 9.10. The Kier molecular flexibility index (Phi) is 4.91. The zero-order valence-electron chi connectivity index (χ0n) is 10.5. The highest BCUT2D eigenvalue weighted by Gasteiger charge is 2.08. The number of amides is 2. The summed E-state index contributed by atoms with van der Waals surface area (Å²) >= 11 is 15.2. The highest BCUT2D eigenvalue weighted by Crippen LogP contribution is 2.26. The first kappa shape index (κ1) is 15.2. The lowest BCUT2D eigenvalue weighted by Gasteiger charge is -2.11. The van der Waals surface area contributed by atoms with Gasteiger partial charge in [-0.25, -0.2) is 4.79 Å². The van der Waals surface area contributed by atoms with E-state index in [2.05, 4.69) is 26.6 Å². The maximum atomic E-state index is 12.0. The van der Waals surface area contributed by atoms with Crippen molar-refractivity contribution >= 4 is 56.5 Å². The Morgan fingerprint density at radius 3 is 2.50 bits per heavy atom. The van der Waals surface area contributed by atoms with E-state index in [9.17, 15) is 4.79 Å². The van der Waals surface area contributed by atoms with Crippen molar-refractivity contribution in [3.8, 4) is 0 Å². The molecule has 2 rings (SSSR count). The number of carbonyl (C=O) groups is 1. The zero-order valence-corrected chi connectivity index (χ0v) is 13.6. The van der Waals surface area contributed by atoms with Gasteiger partial charge < -0.3 is 10.6 Å². The van der Waals surface area contributed by atoms with E-state index in [1.54, 1.807) is 18.2 Å². The van der Waals surface area contributed by atoms with Crippen LogP contribution in [0.3, 0.4) is 0 Å². The van der Waals surface area contributed by atoms with Crippen LogP contribution in [-0.4, -0.2) is 6.03 Å². The zero-order chi connectivity index (χ0) is 14.7. The molecule has 0 atom stereocenters. The lowest BCUT2D eigenvalue weighted by Crippen LogP contribution is -2.20. The third-order valence-electron chi connectivity index (χ3n) is 2.62. The van der Waals surface area contributed by atoms with E-state index >= 15 is 0 Å². The molecule has 104 valence electrons. The first-order chi connectivity index (χ1) is 9.45. The second kappa shape index (κ2) is 6.48. The number of hydrogen-bond acceptors (Lipinski definition) is 1. The number of halogens is 3. The van der Waals surface area contributed by atoms with Gasteiger partial charge in [-0.15, -0.1) is 0 Å². The summed E-state index contributed by atoms with van der Waals surface area (Å²) in [5.41, 5.74) is 2.14. The van der Waals surface area contributed by atoms with Gasteiger partial charge >= 0.3 is 6.03 Å². The maximum Gasteiger partial charge on any atom is 0.323 e. The van der Waals surface area contributed by atoms with Gasteiger partial charge in [0.2, 0.25) is 0 Å². The molecule has 6 heteroatoms. The lowest BCUT2D eigenvalue weighted by molar-refractivity contribution is 0.262. The Balaban J connectivity index is 2.13. The molecule has 2 N–H and O–H groups in total. The molecule has 2 amide bonds. The van der Waals surface area contributed by atoms with Gasteiger partial charge in [0.25, 0.3) is 0 Å². The van der Waals surface area contributed by atoms with Gasteiger partial charge in [-0.1, -0.05) is 45.2 Å². The number of benzene rings is 2. The van der Waals surface area contributed by atoms with Crippen LogP contribution in [0, 0.1) is 6.92 Å². The van der Waals surface area contributed by atoms with E-state index in [-0.39, 0.29) is 6.03 Å². The molecule has 0 bridgehead atoms. The molecule has 0 aliphatic heterocycles. The molecule has 0 aliphatic carbocycles. The minimum atomic E-state index is -0.379. The second-order valence-corrected chi connectivity index (χ2v) is 5.92. The molecule has 0 radical (unpaired) electrons. The fraction of sp³-hybridized carbons (Fsp3) is 0.0714. The Hall–Kier alpha value is -1.23. The smallest absolute Gasteiger partial charge is 0.307 e. The van der Waals surface area contributed by atoms with Crippen LogP contribution in [-0.2, 0) is 0 Å². The number of anilines is 2. The number of nitrogens with one attached hydrogen (secondary N) is 2. The summed E-state index contributed by atoms with van der Waals surface area (Å²) in [4.78, 5) is 12.0. The fourth-order valence-corrected chi connectivity index (χ4v) is 2.30. The minimum absolute atomic E-state index is 0.379. The number of carbonyl (C=O) groups excluding carboxylic acids is 1. The van der Waals surface area contributed by atoms with Gasteiger partial charge in [-0.05, 0) is 42.8 Å². The number of hydrogen-bond donors (Lipinski definition) is 2. The standard InChI is InChI=1S/C14H11BrCl2N2O/c1-8-2-3-9(15)6-12(8)18-14(20)19-13-7-10(16)4-5-11(13)17/h2-7H,1H3,(H2,18,19,20). The minimum Gasteiger partial charge on any atom is -0.307 e. The predicted molar refractivity (Wildman–Crippen MR) is 88.0 cm³/mol. The van der Waals surface area contributed by atoms with Crippen LogP contribution in [0.5, 0.6) is 0 Å². The van der Waals surface area contributed by atoms with E-state index in [1.165, 1.54) is 0 Å². The summed E-state index contributed by atoms with van der Waals surface area (Å²) in [6.45, 7) is 1.91. The van der Waals surface area contributed by atoms with Crippen LogP contribution in [0.15, 0.2) is 40.9 Å². The highest BCUT2D eigenvalue weighted by atomic mass is 79.9.